The molecule has 7 heteroatoms. The van der Waals surface area contributed by atoms with Gasteiger partial charge in [-0.2, -0.15) is 0 Å². The number of carbonyl (C=O) groups is 2. The molecule has 0 amide bonds. The zero-order chi connectivity index (χ0) is 8.27. The Labute approximate surface area is 103 Å². The van der Waals surface area contributed by atoms with Crippen molar-refractivity contribution in [1.29, 1.82) is 0 Å². The van der Waals surface area contributed by atoms with E-state index in [1.807, 2.05) is 0 Å². The summed E-state index contributed by atoms with van der Waals surface area (Å²) in [5, 5.41) is 10.0. The third-order valence-corrected chi connectivity index (χ3v) is 9.82. The maximum Gasteiger partial charge on any atom is 1.00 e. The van der Waals surface area contributed by atoms with E-state index in [4.69, 9.17) is 3.02 Å². The van der Waals surface area contributed by atoms with Gasteiger partial charge in [0.2, 0.25) is 0 Å². The molecule has 0 saturated carbocycles. The van der Waals surface area contributed by atoms with Crippen LogP contribution in [0.15, 0.2) is 0 Å². The van der Waals surface area contributed by atoms with Gasteiger partial charge >= 0.3 is 104 Å². The minimum absolute atomic E-state index is 0. The van der Waals surface area contributed by atoms with E-state index < -0.39 is 25.2 Å². The van der Waals surface area contributed by atoms with Crippen molar-refractivity contribution in [2.45, 2.75) is 10.8 Å². The molecule has 0 aromatic heterocycles. The van der Waals surface area contributed by atoms with Gasteiger partial charge < -0.3 is 0 Å². The van der Waals surface area contributed by atoms with Crippen molar-refractivity contribution in [3.05, 3.63) is 0 Å². The molecule has 4 nitrogen and oxygen atoms in total. The van der Waals surface area contributed by atoms with Crippen molar-refractivity contribution < 1.29 is 47.3 Å². The van der Waals surface area contributed by atoms with Gasteiger partial charge in [-0.15, -0.1) is 0 Å². The first-order valence-corrected chi connectivity index (χ1v) is 9.91. The molecule has 1 aliphatic heterocycles. The van der Waals surface area contributed by atoms with E-state index in [9.17, 15) is 14.7 Å². The number of hydrogen-bond acceptors (Lipinski definition) is 5. The number of rotatable bonds is 3. The fourth-order valence-electron chi connectivity index (χ4n) is 0.584. The second kappa shape index (κ2) is 6.55. The molecule has 1 aliphatic rings. The largest absolute Gasteiger partial charge is 1.00 e. The molecular formula is C5H6NaO4SSb. The second-order valence-corrected chi connectivity index (χ2v) is 11.1. The molecule has 1 heterocycles. The van der Waals surface area contributed by atoms with E-state index in [1.165, 1.54) is 8.85 Å². The SMILES string of the molecule is O=C([O-])C[CH2][Sb]1[O]C(=O)C[S]1.[Na+]. The molecule has 1 fully saturated rings. The minimum atomic E-state index is -1.96. The van der Waals surface area contributed by atoms with Crippen LogP contribution in [0.5, 0.6) is 0 Å². The topological polar surface area (TPSA) is 66.4 Å². The molecule has 0 unspecified atom stereocenters. The molecule has 0 aliphatic carbocycles. The molecule has 0 atom stereocenters. The third-order valence-electron chi connectivity index (χ3n) is 1.03. The fourth-order valence-corrected chi connectivity index (χ4v) is 8.33. The molecule has 0 aromatic rings. The van der Waals surface area contributed by atoms with Gasteiger partial charge in [0.1, 0.15) is 0 Å². The zero-order valence-corrected chi connectivity index (χ0v) is 12.0. The van der Waals surface area contributed by atoms with Gasteiger partial charge in [-0.1, -0.05) is 0 Å². The summed E-state index contributed by atoms with van der Waals surface area (Å²) in [5.41, 5.74) is 0. The van der Waals surface area contributed by atoms with Crippen LogP contribution < -0.4 is 34.7 Å². The number of aliphatic carboxylic acids is 1. The van der Waals surface area contributed by atoms with E-state index in [1.54, 1.807) is 0 Å². The van der Waals surface area contributed by atoms with Crippen LogP contribution in [-0.2, 0) is 12.6 Å². The fraction of sp³-hybridized carbons (Fsp3) is 0.600. The Kier molecular flexibility index (Phi) is 7.15. The summed E-state index contributed by atoms with van der Waals surface area (Å²) in [6.07, 6.45) is 0.0308. The number of carboxylic acids is 1. The normalized spacial score (nSPS) is 16.8. The van der Waals surface area contributed by atoms with Crippen molar-refractivity contribution >= 4 is 40.0 Å². The van der Waals surface area contributed by atoms with Gasteiger partial charge in [-0.3, -0.25) is 0 Å². The van der Waals surface area contributed by atoms with Gasteiger partial charge in [0, 0.05) is 0 Å². The molecule has 62 valence electrons. The van der Waals surface area contributed by atoms with Crippen LogP contribution in [0.4, 0.5) is 0 Å². The van der Waals surface area contributed by atoms with Crippen LogP contribution in [0.3, 0.4) is 0 Å². The number of hydrogen-bond donors (Lipinski definition) is 0. The van der Waals surface area contributed by atoms with E-state index in [-0.39, 0.29) is 41.9 Å². The van der Waals surface area contributed by atoms with Gasteiger partial charge in [-0.25, -0.2) is 0 Å². The smallest absolute Gasteiger partial charge is 1.00 e. The Bertz CT molecular complexity index is 188. The molecule has 0 aromatic carbocycles. The van der Waals surface area contributed by atoms with Gasteiger partial charge in [0.25, 0.3) is 0 Å². The maximum absolute atomic E-state index is 10.5. The van der Waals surface area contributed by atoms with Crippen molar-refractivity contribution in [3.8, 4) is 0 Å². The molecule has 0 radical (unpaired) electrons. The quantitative estimate of drug-likeness (QED) is 0.496. The molecule has 0 bridgehead atoms. The predicted octanol–water partition coefficient (Wildman–Crippen LogP) is -4.09. The average Bonchev–Trinajstić information content (AvgIpc) is 2.31. The Morgan fingerprint density at radius 3 is 2.83 bits per heavy atom. The Morgan fingerprint density at radius 2 is 2.42 bits per heavy atom. The average molecular weight is 307 g/mol. The van der Waals surface area contributed by atoms with Crippen molar-refractivity contribution in [2.24, 2.45) is 0 Å². The summed E-state index contributed by atoms with van der Waals surface area (Å²) in [5.74, 6) is -0.829. The third kappa shape index (κ3) is 4.97. The van der Waals surface area contributed by atoms with Crippen LogP contribution in [0.25, 0.3) is 0 Å². The molecule has 12 heavy (non-hydrogen) atoms. The van der Waals surface area contributed by atoms with Gasteiger partial charge in [0.05, 0.1) is 0 Å². The summed E-state index contributed by atoms with van der Waals surface area (Å²) in [4.78, 5) is 20.5. The first-order chi connectivity index (χ1) is 5.18. The first-order valence-electron chi connectivity index (χ1n) is 2.99. The molecule has 1 rings (SSSR count). The predicted molar refractivity (Wildman–Crippen MR) is 38.7 cm³/mol. The van der Waals surface area contributed by atoms with Crippen molar-refractivity contribution in [1.82, 2.24) is 0 Å². The number of carbonyl (C=O) groups excluding carboxylic acids is 2. The summed E-state index contributed by atoms with van der Waals surface area (Å²) in [6, 6.07) is 0. The van der Waals surface area contributed by atoms with Crippen LogP contribution in [0, 0.1) is 0 Å². The van der Waals surface area contributed by atoms with Crippen molar-refractivity contribution in [2.75, 3.05) is 5.75 Å². The molecule has 0 N–H and O–H groups in total. The van der Waals surface area contributed by atoms with Crippen LogP contribution >= 0.6 is 8.85 Å². The van der Waals surface area contributed by atoms with E-state index in [2.05, 4.69) is 0 Å². The second-order valence-electron chi connectivity index (χ2n) is 1.92. The standard InChI is InChI=1S/C3H5O2.C2H4O2S.Na.Sb/c1-2-3(4)5;3-2(4)1-5;;/h1-2H2,(H,4,5);5H,1H2,(H,3,4);;/q;;+1;+2/p-3. The van der Waals surface area contributed by atoms with Gasteiger partial charge in [-0.05, 0) is 0 Å². The van der Waals surface area contributed by atoms with Crippen LogP contribution in [0.1, 0.15) is 6.42 Å². The zero-order valence-electron chi connectivity index (χ0n) is 6.61. The summed E-state index contributed by atoms with van der Waals surface area (Å²) >= 11 is -1.96. The summed E-state index contributed by atoms with van der Waals surface area (Å²) in [6.45, 7) is 0. The minimum Gasteiger partial charge on any atom is 1.00 e. The monoisotopic (exact) mass is 306 g/mol. The van der Waals surface area contributed by atoms with E-state index in [0.717, 1.165) is 0 Å². The summed E-state index contributed by atoms with van der Waals surface area (Å²) < 4.78 is 5.46. The van der Waals surface area contributed by atoms with E-state index >= 15 is 0 Å². The molecule has 0 spiro atoms. The van der Waals surface area contributed by atoms with E-state index in [0.29, 0.717) is 10.1 Å². The summed E-state index contributed by atoms with van der Waals surface area (Å²) in [7, 11) is 1.51. The first kappa shape index (κ1) is 13.1. The molecule has 1 saturated heterocycles. The van der Waals surface area contributed by atoms with Gasteiger partial charge in [0.15, 0.2) is 0 Å². The Balaban J connectivity index is 0.00000121. The molecular weight excluding hydrogens is 301 g/mol. The number of carboxylic acid groups (broad SMARTS) is 1. The Hall–Kier alpha value is 1.11. The Morgan fingerprint density at radius 1 is 1.75 bits per heavy atom. The van der Waals surface area contributed by atoms with Crippen LogP contribution in [-0.4, -0.2) is 36.9 Å². The van der Waals surface area contributed by atoms with Crippen LogP contribution in [0.2, 0.25) is 4.37 Å². The maximum atomic E-state index is 10.5. The van der Waals surface area contributed by atoms with Crippen molar-refractivity contribution in [3.63, 3.8) is 0 Å².